The van der Waals surface area contributed by atoms with Crippen LogP contribution in [-0.4, -0.2) is 61.9 Å². The molecule has 0 aromatic heterocycles. The minimum Gasteiger partial charge on any atom is -0.497 e. The van der Waals surface area contributed by atoms with Crippen molar-refractivity contribution < 1.29 is 33.3 Å². The summed E-state index contributed by atoms with van der Waals surface area (Å²) >= 11 is 0. The smallest absolute Gasteiger partial charge is 0.411 e. The third kappa shape index (κ3) is 6.48. The number of nitrogens with zero attached hydrogens (tertiary/aromatic N) is 1. The summed E-state index contributed by atoms with van der Waals surface area (Å²) in [6.07, 6.45) is 4.83. The lowest BCUT2D eigenvalue weighted by molar-refractivity contribution is -0.161. The molecule has 0 N–H and O–H groups in total. The maximum absolute atomic E-state index is 13.2. The molecule has 8 nitrogen and oxygen atoms in total. The summed E-state index contributed by atoms with van der Waals surface area (Å²) in [6, 6.07) is 6.55. The summed E-state index contributed by atoms with van der Waals surface area (Å²) in [6.45, 7) is 5.30. The van der Waals surface area contributed by atoms with Crippen LogP contribution in [-0.2, 0) is 30.2 Å². The van der Waals surface area contributed by atoms with E-state index >= 15 is 0 Å². The number of hydrogen-bond donors (Lipinski definition) is 0. The van der Waals surface area contributed by atoms with Gasteiger partial charge in [-0.2, -0.15) is 0 Å². The summed E-state index contributed by atoms with van der Waals surface area (Å²) in [5.41, 5.74) is 0.341. The van der Waals surface area contributed by atoms with Gasteiger partial charge < -0.3 is 18.9 Å². The number of hydrogen-bond acceptors (Lipinski definition) is 7. The van der Waals surface area contributed by atoms with Gasteiger partial charge in [0.1, 0.15) is 11.4 Å². The summed E-state index contributed by atoms with van der Waals surface area (Å²) in [5.74, 6) is -2.08. The molecule has 2 rings (SSSR count). The van der Waals surface area contributed by atoms with E-state index < -0.39 is 35.6 Å². The third-order valence-electron chi connectivity index (χ3n) is 5.24. The Labute approximate surface area is 189 Å². The van der Waals surface area contributed by atoms with Gasteiger partial charge in [0.2, 0.25) is 0 Å². The second kappa shape index (κ2) is 11.0. The highest BCUT2D eigenvalue weighted by Crippen LogP contribution is 2.29. The zero-order chi connectivity index (χ0) is 23.9. The molecule has 0 unspecified atom stereocenters. The minimum atomic E-state index is -1.31. The lowest BCUT2D eigenvalue weighted by atomic mass is 9.90. The van der Waals surface area contributed by atoms with Crippen molar-refractivity contribution in [1.82, 2.24) is 4.90 Å². The molecule has 0 bridgehead atoms. The van der Waals surface area contributed by atoms with Crippen LogP contribution in [0.4, 0.5) is 4.79 Å². The van der Waals surface area contributed by atoms with E-state index in [1.807, 2.05) is 30.3 Å². The topological polar surface area (TPSA) is 91.4 Å². The molecule has 0 saturated carbocycles. The molecule has 2 atom stereocenters. The predicted octanol–water partition coefficient (Wildman–Crippen LogP) is 3.52. The Kier molecular flexibility index (Phi) is 8.69. The molecule has 0 spiro atoms. The summed E-state index contributed by atoms with van der Waals surface area (Å²) in [4.78, 5) is 39.6. The Hall–Kier alpha value is -3.03. The van der Waals surface area contributed by atoms with Crippen molar-refractivity contribution in [3.63, 3.8) is 0 Å². The van der Waals surface area contributed by atoms with Crippen molar-refractivity contribution >= 4 is 18.0 Å². The van der Waals surface area contributed by atoms with E-state index in [9.17, 15) is 14.4 Å². The molecule has 176 valence electrons. The molecule has 1 heterocycles. The van der Waals surface area contributed by atoms with E-state index in [0.29, 0.717) is 19.3 Å². The van der Waals surface area contributed by atoms with E-state index in [0.717, 1.165) is 11.3 Å². The number of ether oxygens (including phenoxy) is 4. The number of carbonyl (C=O) groups is 3. The predicted molar refractivity (Wildman–Crippen MR) is 118 cm³/mol. The van der Waals surface area contributed by atoms with E-state index in [1.54, 1.807) is 34.0 Å². The quantitative estimate of drug-likeness (QED) is 0.273. The van der Waals surface area contributed by atoms with Crippen LogP contribution < -0.4 is 4.74 Å². The Morgan fingerprint density at radius 1 is 1.03 bits per heavy atom. The van der Waals surface area contributed by atoms with Crippen molar-refractivity contribution in [2.45, 2.75) is 57.7 Å². The fourth-order valence-corrected chi connectivity index (χ4v) is 3.69. The molecule has 1 amide bonds. The lowest BCUT2D eigenvalue weighted by Gasteiger charge is -2.41. The largest absolute Gasteiger partial charge is 0.497 e. The van der Waals surface area contributed by atoms with Gasteiger partial charge in [0.15, 0.2) is 5.92 Å². The van der Waals surface area contributed by atoms with Gasteiger partial charge in [0.05, 0.1) is 27.4 Å². The number of methoxy groups -OCH3 is 3. The molecule has 0 fully saturated rings. The van der Waals surface area contributed by atoms with Crippen molar-refractivity contribution in [2.24, 2.45) is 5.92 Å². The van der Waals surface area contributed by atoms with E-state index in [4.69, 9.17) is 18.9 Å². The van der Waals surface area contributed by atoms with Crippen molar-refractivity contribution in [1.29, 1.82) is 0 Å². The SMILES string of the molecule is COC(=O)C(C(=O)OC)[C@@H]1C=CC[C@@H](CCc2ccc(OC)cc2)N1C(=O)OC(C)(C)C. The number of aryl methyl sites for hydroxylation is 1. The number of esters is 2. The first-order chi connectivity index (χ1) is 15.1. The van der Waals surface area contributed by atoms with Crippen molar-refractivity contribution in [3.05, 3.63) is 42.0 Å². The van der Waals surface area contributed by atoms with Crippen LogP contribution in [0, 0.1) is 5.92 Å². The first-order valence-electron chi connectivity index (χ1n) is 10.6. The molecule has 0 aliphatic carbocycles. The Bertz CT molecular complexity index is 810. The van der Waals surface area contributed by atoms with Crippen LogP contribution in [0.25, 0.3) is 0 Å². The van der Waals surface area contributed by atoms with Gasteiger partial charge >= 0.3 is 18.0 Å². The van der Waals surface area contributed by atoms with Crippen LogP contribution in [0.3, 0.4) is 0 Å². The molecule has 1 aliphatic rings. The molecule has 1 aromatic carbocycles. The minimum absolute atomic E-state index is 0.279. The number of amides is 1. The molecule has 1 aromatic rings. The molecule has 1 aliphatic heterocycles. The Morgan fingerprint density at radius 2 is 1.62 bits per heavy atom. The highest BCUT2D eigenvalue weighted by atomic mass is 16.6. The van der Waals surface area contributed by atoms with E-state index in [-0.39, 0.29) is 6.04 Å². The highest BCUT2D eigenvalue weighted by Gasteiger charge is 2.45. The molecule has 8 heteroatoms. The van der Waals surface area contributed by atoms with Gasteiger partial charge in [-0.05, 0) is 57.7 Å². The fourth-order valence-electron chi connectivity index (χ4n) is 3.69. The zero-order valence-corrected chi connectivity index (χ0v) is 19.6. The molecular formula is C24H33NO7. The van der Waals surface area contributed by atoms with Gasteiger partial charge in [0.25, 0.3) is 0 Å². The third-order valence-corrected chi connectivity index (χ3v) is 5.24. The Morgan fingerprint density at radius 3 is 2.12 bits per heavy atom. The number of rotatable bonds is 7. The lowest BCUT2D eigenvalue weighted by Crippen LogP contribution is -2.56. The average molecular weight is 448 g/mol. The summed E-state index contributed by atoms with van der Waals surface area (Å²) < 4.78 is 20.5. The number of carbonyl (C=O) groups excluding carboxylic acids is 3. The average Bonchev–Trinajstić information content (AvgIpc) is 2.76. The van der Waals surface area contributed by atoms with Gasteiger partial charge in [0, 0.05) is 6.04 Å². The molecule has 0 saturated heterocycles. The fraction of sp³-hybridized carbons (Fsp3) is 0.542. The van der Waals surface area contributed by atoms with Crippen molar-refractivity contribution in [2.75, 3.05) is 21.3 Å². The molecule has 32 heavy (non-hydrogen) atoms. The van der Waals surface area contributed by atoms with Gasteiger partial charge in [-0.25, -0.2) is 4.79 Å². The normalized spacial score (nSPS) is 18.3. The van der Waals surface area contributed by atoms with Crippen LogP contribution >= 0.6 is 0 Å². The van der Waals surface area contributed by atoms with E-state index in [1.165, 1.54) is 19.1 Å². The monoisotopic (exact) mass is 447 g/mol. The van der Waals surface area contributed by atoms with Crippen molar-refractivity contribution in [3.8, 4) is 5.75 Å². The maximum atomic E-state index is 13.2. The summed E-state index contributed by atoms with van der Waals surface area (Å²) in [7, 11) is 4.01. The number of benzene rings is 1. The van der Waals surface area contributed by atoms with Crippen LogP contribution in [0.2, 0.25) is 0 Å². The van der Waals surface area contributed by atoms with Gasteiger partial charge in [-0.15, -0.1) is 0 Å². The van der Waals surface area contributed by atoms with Crippen LogP contribution in [0.15, 0.2) is 36.4 Å². The van der Waals surface area contributed by atoms with Gasteiger partial charge in [-0.3, -0.25) is 14.5 Å². The second-order valence-corrected chi connectivity index (χ2v) is 8.61. The molecule has 0 radical (unpaired) electrons. The molecular weight excluding hydrogens is 414 g/mol. The Balaban J connectivity index is 2.34. The highest BCUT2D eigenvalue weighted by molar-refractivity contribution is 5.96. The summed E-state index contributed by atoms with van der Waals surface area (Å²) in [5, 5.41) is 0. The maximum Gasteiger partial charge on any atom is 0.411 e. The van der Waals surface area contributed by atoms with Gasteiger partial charge in [-0.1, -0.05) is 24.3 Å². The van der Waals surface area contributed by atoms with E-state index in [2.05, 4.69) is 0 Å². The first kappa shape index (κ1) is 25.2. The second-order valence-electron chi connectivity index (χ2n) is 8.61. The zero-order valence-electron chi connectivity index (χ0n) is 19.6. The standard InChI is InChI=1S/C24H33NO7/c1-24(2,3)32-23(28)25-17(13-10-16-11-14-18(29-4)15-12-16)8-7-9-19(25)20(21(26)30-5)22(27)31-6/h7,9,11-12,14-15,17,19-20H,8,10,13H2,1-6H3/t17-,19-/m0/s1. The van der Waals surface area contributed by atoms with Crippen LogP contribution in [0.5, 0.6) is 5.75 Å². The first-order valence-corrected chi connectivity index (χ1v) is 10.6. The van der Waals surface area contributed by atoms with Crippen LogP contribution in [0.1, 0.15) is 39.2 Å².